The second-order valence-corrected chi connectivity index (χ2v) is 9.40. The predicted octanol–water partition coefficient (Wildman–Crippen LogP) is 3.69. The van der Waals surface area contributed by atoms with Crippen LogP contribution in [-0.2, 0) is 9.59 Å². The number of hydrogen-bond acceptors (Lipinski definition) is 3. The van der Waals surface area contributed by atoms with E-state index in [1.165, 1.54) is 5.57 Å². The molecule has 0 aromatic carbocycles. The molecule has 0 heterocycles. The van der Waals surface area contributed by atoms with Crippen LogP contribution in [-0.4, -0.2) is 22.8 Å². The van der Waals surface area contributed by atoms with E-state index in [1.807, 2.05) is 6.08 Å². The number of hydrogen-bond donors (Lipinski definition) is 1. The van der Waals surface area contributed by atoms with E-state index in [4.69, 9.17) is 0 Å². The summed E-state index contributed by atoms with van der Waals surface area (Å²) in [4.78, 5) is 24.0. The van der Waals surface area contributed by atoms with Gasteiger partial charge in [-0.3, -0.25) is 9.59 Å². The molecule has 0 radical (unpaired) electrons. The average molecular weight is 330 g/mol. The molecule has 4 aliphatic rings. The zero-order chi connectivity index (χ0) is 17.3. The number of aliphatic hydroxyl groups is 1. The minimum absolute atomic E-state index is 0.0655. The Balaban J connectivity index is 1.72. The van der Waals surface area contributed by atoms with Crippen LogP contribution in [0.15, 0.2) is 11.6 Å². The van der Waals surface area contributed by atoms with Gasteiger partial charge in [0, 0.05) is 12.3 Å². The van der Waals surface area contributed by atoms with Crippen LogP contribution < -0.4 is 0 Å². The first-order chi connectivity index (χ1) is 11.3. The highest BCUT2D eigenvalue weighted by molar-refractivity contribution is 5.91. The van der Waals surface area contributed by atoms with Crippen molar-refractivity contribution in [3.8, 4) is 0 Å². The summed E-state index contributed by atoms with van der Waals surface area (Å²) >= 11 is 0. The Hall–Kier alpha value is -0.960. The van der Waals surface area contributed by atoms with Crippen molar-refractivity contribution in [1.82, 2.24) is 0 Å². The molecule has 3 nitrogen and oxygen atoms in total. The van der Waals surface area contributed by atoms with Crippen LogP contribution in [0.25, 0.3) is 0 Å². The predicted molar refractivity (Wildman–Crippen MR) is 92.3 cm³/mol. The standard InChI is InChI=1S/C21H30O3/c1-12(22)15-4-5-16-19-17(7-9-21(15,16)3)20(2)8-6-14(23)10-13(20)11-18(19)24/h10,15-19,24H,4-9,11H2,1-3H3/t15?,16?,17?,18?,19?,20-,21+/m0/s1. The van der Waals surface area contributed by atoms with E-state index in [2.05, 4.69) is 13.8 Å². The van der Waals surface area contributed by atoms with Crippen molar-refractivity contribution in [2.45, 2.75) is 71.8 Å². The van der Waals surface area contributed by atoms with Crippen molar-refractivity contribution in [1.29, 1.82) is 0 Å². The molecule has 132 valence electrons. The Labute approximate surface area is 144 Å². The maximum Gasteiger partial charge on any atom is 0.155 e. The van der Waals surface area contributed by atoms with E-state index in [1.54, 1.807) is 6.92 Å². The molecule has 0 bridgehead atoms. The third-order valence-electron chi connectivity index (χ3n) is 8.47. The second-order valence-electron chi connectivity index (χ2n) is 9.40. The van der Waals surface area contributed by atoms with E-state index < -0.39 is 0 Å². The van der Waals surface area contributed by atoms with E-state index in [-0.39, 0.29) is 28.6 Å². The Morgan fingerprint density at radius 1 is 1.17 bits per heavy atom. The molecular formula is C21H30O3. The normalized spacial score (nSPS) is 50.6. The first kappa shape index (κ1) is 16.5. The topological polar surface area (TPSA) is 54.4 Å². The SMILES string of the molecule is CC(=O)C1CCC2C3C(O)CC4=CC(=O)CC[C@]4(C)C3CC[C@]12C. The fourth-order valence-corrected chi connectivity index (χ4v) is 7.19. The van der Waals surface area contributed by atoms with Gasteiger partial charge in [0.25, 0.3) is 0 Å². The number of aliphatic hydroxyl groups excluding tert-OH is 1. The van der Waals surface area contributed by atoms with Crippen molar-refractivity contribution in [2.75, 3.05) is 0 Å². The second kappa shape index (κ2) is 5.27. The zero-order valence-corrected chi connectivity index (χ0v) is 15.2. The highest BCUT2D eigenvalue weighted by Crippen LogP contribution is 2.66. The Morgan fingerprint density at radius 2 is 1.92 bits per heavy atom. The maximum atomic E-state index is 12.2. The van der Waals surface area contributed by atoms with Crippen LogP contribution in [0.5, 0.6) is 0 Å². The van der Waals surface area contributed by atoms with Crippen molar-refractivity contribution in [3.05, 3.63) is 11.6 Å². The Bertz CT molecular complexity index is 621. The van der Waals surface area contributed by atoms with Crippen LogP contribution in [0.4, 0.5) is 0 Å². The smallest absolute Gasteiger partial charge is 0.155 e. The number of carbonyl (C=O) groups excluding carboxylic acids is 2. The Morgan fingerprint density at radius 3 is 2.62 bits per heavy atom. The lowest BCUT2D eigenvalue weighted by Gasteiger charge is -2.59. The molecule has 4 rings (SSSR count). The number of fused-ring (bicyclic) bond motifs is 5. The van der Waals surface area contributed by atoms with Gasteiger partial charge in [-0.05, 0) is 80.1 Å². The van der Waals surface area contributed by atoms with Gasteiger partial charge in [0.15, 0.2) is 5.78 Å². The van der Waals surface area contributed by atoms with Crippen molar-refractivity contribution in [2.24, 2.45) is 34.5 Å². The van der Waals surface area contributed by atoms with Crippen molar-refractivity contribution >= 4 is 11.6 Å². The van der Waals surface area contributed by atoms with Crippen molar-refractivity contribution < 1.29 is 14.7 Å². The molecule has 0 aliphatic heterocycles. The molecule has 4 aliphatic carbocycles. The van der Waals surface area contributed by atoms with Crippen LogP contribution in [0.2, 0.25) is 0 Å². The lowest BCUT2D eigenvalue weighted by atomic mass is 9.46. The van der Waals surface area contributed by atoms with Crippen LogP contribution in [0, 0.1) is 34.5 Å². The maximum absolute atomic E-state index is 12.2. The van der Waals surface area contributed by atoms with Gasteiger partial charge in [0.1, 0.15) is 5.78 Å². The molecule has 7 atom stereocenters. The number of carbonyl (C=O) groups is 2. The van der Waals surface area contributed by atoms with Gasteiger partial charge < -0.3 is 5.11 Å². The fraction of sp³-hybridized carbons (Fsp3) is 0.810. The largest absolute Gasteiger partial charge is 0.392 e. The zero-order valence-electron chi connectivity index (χ0n) is 15.2. The number of ketones is 2. The molecule has 0 amide bonds. The molecule has 3 fully saturated rings. The van der Waals surface area contributed by atoms with E-state index in [9.17, 15) is 14.7 Å². The molecule has 0 aromatic heterocycles. The van der Waals surface area contributed by atoms with Gasteiger partial charge in [0.05, 0.1) is 6.10 Å². The first-order valence-corrected chi connectivity index (χ1v) is 9.70. The lowest BCUT2D eigenvalue weighted by Crippen LogP contribution is -2.55. The van der Waals surface area contributed by atoms with Gasteiger partial charge in [0.2, 0.25) is 0 Å². The van der Waals surface area contributed by atoms with E-state index in [0.29, 0.717) is 36.4 Å². The minimum Gasteiger partial charge on any atom is -0.392 e. The molecular weight excluding hydrogens is 300 g/mol. The third kappa shape index (κ3) is 2.06. The van der Waals surface area contributed by atoms with Crippen LogP contribution >= 0.6 is 0 Å². The highest BCUT2D eigenvalue weighted by atomic mass is 16.3. The van der Waals surface area contributed by atoms with Crippen LogP contribution in [0.1, 0.15) is 65.7 Å². The molecule has 3 saturated carbocycles. The van der Waals surface area contributed by atoms with Gasteiger partial charge in [-0.1, -0.05) is 19.4 Å². The summed E-state index contributed by atoms with van der Waals surface area (Å²) in [6.45, 7) is 6.38. The summed E-state index contributed by atoms with van der Waals surface area (Å²) in [6, 6.07) is 0. The lowest BCUT2D eigenvalue weighted by molar-refractivity contribution is -0.135. The fourth-order valence-electron chi connectivity index (χ4n) is 7.19. The van der Waals surface area contributed by atoms with Gasteiger partial charge in [-0.15, -0.1) is 0 Å². The number of rotatable bonds is 1. The third-order valence-corrected chi connectivity index (χ3v) is 8.47. The van der Waals surface area contributed by atoms with E-state index in [0.717, 1.165) is 32.1 Å². The molecule has 5 unspecified atom stereocenters. The molecule has 0 aromatic rings. The van der Waals surface area contributed by atoms with Crippen molar-refractivity contribution in [3.63, 3.8) is 0 Å². The van der Waals surface area contributed by atoms with Crippen LogP contribution in [0.3, 0.4) is 0 Å². The highest BCUT2D eigenvalue weighted by Gasteiger charge is 2.61. The van der Waals surface area contributed by atoms with Gasteiger partial charge in [-0.2, -0.15) is 0 Å². The molecule has 3 heteroatoms. The summed E-state index contributed by atoms with van der Waals surface area (Å²) in [6.07, 6.45) is 7.97. The van der Waals surface area contributed by atoms with E-state index >= 15 is 0 Å². The van der Waals surface area contributed by atoms with Gasteiger partial charge >= 0.3 is 0 Å². The van der Waals surface area contributed by atoms with Gasteiger partial charge in [-0.25, -0.2) is 0 Å². The first-order valence-electron chi connectivity index (χ1n) is 9.70. The summed E-state index contributed by atoms with van der Waals surface area (Å²) in [5.41, 5.74) is 1.33. The summed E-state index contributed by atoms with van der Waals surface area (Å²) in [7, 11) is 0. The molecule has 0 saturated heterocycles. The number of Topliss-reactive ketones (excluding diaryl/α,β-unsaturated/α-hetero) is 1. The summed E-state index contributed by atoms with van der Waals surface area (Å²) < 4.78 is 0. The quantitative estimate of drug-likeness (QED) is 0.797. The minimum atomic E-state index is -0.351. The average Bonchev–Trinajstić information content (AvgIpc) is 2.86. The molecule has 0 spiro atoms. The Kier molecular flexibility index (Phi) is 3.62. The molecule has 1 N–H and O–H groups in total. The summed E-state index contributed by atoms with van der Waals surface area (Å²) in [5.74, 6) is 1.95. The summed E-state index contributed by atoms with van der Waals surface area (Å²) in [5, 5.41) is 11.0. The molecule has 24 heavy (non-hydrogen) atoms. The monoisotopic (exact) mass is 330 g/mol.